The Morgan fingerprint density at radius 1 is 1.05 bits per heavy atom. The first kappa shape index (κ1) is 15.0. The zero-order chi connectivity index (χ0) is 14.8. The predicted octanol–water partition coefficient (Wildman–Crippen LogP) is 3.97. The van der Waals surface area contributed by atoms with Crippen LogP contribution in [0, 0.1) is 0 Å². The highest BCUT2D eigenvalue weighted by molar-refractivity contribution is 6.03. The van der Waals surface area contributed by atoms with E-state index in [2.05, 4.69) is 0 Å². The van der Waals surface area contributed by atoms with Crippen molar-refractivity contribution in [2.24, 2.45) is 0 Å². The monoisotopic (exact) mass is 286 g/mol. The van der Waals surface area contributed by atoms with Gasteiger partial charge in [-0.2, -0.15) is 13.2 Å². The molecule has 0 amide bonds. The molecule has 0 radical (unpaired) electrons. The van der Waals surface area contributed by atoms with Gasteiger partial charge in [-0.15, -0.1) is 0 Å². The quantitative estimate of drug-likeness (QED) is 0.659. The van der Waals surface area contributed by atoms with Crippen LogP contribution in [-0.4, -0.2) is 16.5 Å². The summed E-state index contributed by atoms with van der Waals surface area (Å²) in [5, 5.41) is 10.4. The Kier molecular flexibility index (Phi) is 4.18. The molecule has 1 aromatic carbocycles. The van der Waals surface area contributed by atoms with Crippen molar-refractivity contribution in [2.75, 3.05) is 0 Å². The number of carbonyl (C=O) groups is 1. The average Bonchev–Trinajstić information content (AvgIpc) is 2.63. The summed E-state index contributed by atoms with van der Waals surface area (Å²) in [5.74, 6) is -0.799. The van der Waals surface area contributed by atoms with Gasteiger partial charge in [0, 0.05) is 5.56 Å². The first-order chi connectivity index (χ1) is 9.34. The van der Waals surface area contributed by atoms with Crippen LogP contribution in [0.1, 0.15) is 54.4 Å². The molecule has 2 nitrogen and oxygen atoms in total. The van der Waals surface area contributed by atoms with Crippen LogP contribution in [0.3, 0.4) is 0 Å². The summed E-state index contributed by atoms with van der Waals surface area (Å²) in [4.78, 5) is 12.4. The number of halogens is 3. The number of ketones is 1. The fourth-order valence-corrected chi connectivity index (χ4v) is 2.72. The van der Waals surface area contributed by atoms with E-state index in [1.54, 1.807) is 0 Å². The minimum atomic E-state index is -4.59. The Hall–Kier alpha value is -1.36. The molecule has 0 saturated heterocycles. The molecule has 5 heteroatoms. The van der Waals surface area contributed by atoms with Gasteiger partial charge in [-0.25, -0.2) is 0 Å². The second kappa shape index (κ2) is 5.56. The van der Waals surface area contributed by atoms with Gasteiger partial charge in [-0.1, -0.05) is 43.9 Å². The van der Waals surface area contributed by atoms with Gasteiger partial charge in [-0.05, 0) is 18.9 Å². The van der Waals surface area contributed by atoms with Crippen molar-refractivity contribution >= 4 is 5.78 Å². The van der Waals surface area contributed by atoms with Crippen LogP contribution in [0.5, 0.6) is 0 Å². The lowest BCUT2D eigenvalue weighted by molar-refractivity contribution is -0.138. The third-order valence-electron chi connectivity index (χ3n) is 3.83. The standard InChI is InChI=1S/C15H17F3O2/c16-15(17,18)12-8-4-3-7-11(12)13(19)14(20)9-5-1-2-6-10-14/h3-4,7-8,20H,1-2,5-6,9-10H2. The van der Waals surface area contributed by atoms with Crippen LogP contribution in [-0.2, 0) is 6.18 Å². The highest BCUT2D eigenvalue weighted by Gasteiger charge is 2.42. The molecule has 1 N–H and O–H groups in total. The van der Waals surface area contributed by atoms with Crippen molar-refractivity contribution < 1.29 is 23.1 Å². The molecule has 0 aromatic heterocycles. The Morgan fingerprint density at radius 3 is 2.15 bits per heavy atom. The summed E-state index contributed by atoms with van der Waals surface area (Å²) < 4.78 is 38.8. The van der Waals surface area contributed by atoms with Crippen molar-refractivity contribution in [1.29, 1.82) is 0 Å². The van der Waals surface area contributed by atoms with E-state index in [0.717, 1.165) is 25.0 Å². The number of rotatable bonds is 2. The minimum absolute atomic E-state index is 0.234. The van der Waals surface area contributed by atoms with Crippen molar-refractivity contribution in [3.8, 4) is 0 Å². The van der Waals surface area contributed by atoms with E-state index in [4.69, 9.17) is 0 Å². The fourth-order valence-electron chi connectivity index (χ4n) is 2.72. The first-order valence-corrected chi connectivity index (χ1v) is 6.78. The molecule has 1 aliphatic rings. The zero-order valence-corrected chi connectivity index (χ0v) is 11.0. The first-order valence-electron chi connectivity index (χ1n) is 6.78. The minimum Gasteiger partial charge on any atom is -0.382 e. The summed E-state index contributed by atoms with van der Waals surface area (Å²) in [5.41, 5.74) is -3.05. The number of alkyl halides is 3. The van der Waals surface area contributed by atoms with Gasteiger partial charge < -0.3 is 5.11 Å². The average molecular weight is 286 g/mol. The normalized spacial score (nSPS) is 19.4. The van der Waals surface area contributed by atoms with E-state index < -0.39 is 28.7 Å². The zero-order valence-electron chi connectivity index (χ0n) is 11.0. The van der Waals surface area contributed by atoms with Crippen LogP contribution in [0.4, 0.5) is 13.2 Å². The second-order valence-corrected chi connectivity index (χ2v) is 5.32. The third-order valence-corrected chi connectivity index (χ3v) is 3.83. The molecule has 0 bridgehead atoms. The largest absolute Gasteiger partial charge is 0.417 e. The van der Waals surface area contributed by atoms with Crippen molar-refractivity contribution in [3.63, 3.8) is 0 Å². The lowest BCUT2D eigenvalue weighted by Gasteiger charge is -2.26. The number of aliphatic hydroxyl groups is 1. The molecule has 0 atom stereocenters. The molecular weight excluding hydrogens is 269 g/mol. The van der Waals surface area contributed by atoms with Crippen molar-refractivity contribution in [3.05, 3.63) is 35.4 Å². The van der Waals surface area contributed by atoms with E-state index in [9.17, 15) is 23.1 Å². The molecule has 0 aliphatic heterocycles. The van der Waals surface area contributed by atoms with E-state index in [-0.39, 0.29) is 12.8 Å². The Labute approximate surface area is 115 Å². The molecule has 0 unspecified atom stereocenters. The molecule has 1 aliphatic carbocycles. The Morgan fingerprint density at radius 2 is 1.60 bits per heavy atom. The third kappa shape index (κ3) is 3.03. The predicted molar refractivity (Wildman–Crippen MR) is 68.4 cm³/mol. The SMILES string of the molecule is O=C(c1ccccc1C(F)(F)F)C1(O)CCCCCC1. The molecule has 1 aromatic rings. The summed E-state index contributed by atoms with van der Waals surface area (Å²) in [6, 6.07) is 4.67. The van der Waals surface area contributed by atoms with Gasteiger partial charge in [0.1, 0.15) is 5.60 Å². The van der Waals surface area contributed by atoms with Crippen LogP contribution in [0.2, 0.25) is 0 Å². The van der Waals surface area contributed by atoms with Gasteiger partial charge in [0.05, 0.1) is 5.56 Å². The van der Waals surface area contributed by atoms with Crippen LogP contribution in [0.25, 0.3) is 0 Å². The van der Waals surface area contributed by atoms with Crippen LogP contribution < -0.4 is 0 Å². The van der Waals surface area contributed by atoms with Crippen LogP contribution in [0.15, 0.2) is 24.3 Å². The van der Waals surface area contributed by atoms with E-state index >= 15 is 0 Å². The topological polar surface area (TPSA) is 37.3 Å². The highest BCUT2D eigenvalue weighted by atomic mass is 19.4. The molecule has 0 spiro atoms. The number of hydrogen-bond donors (Lipinski definition) is 1. The van der Waals surface area contributed by atoms with Gasteiger partial charge in [0.25, 0.3) is 0 Å². The van der Waals surface area contributed by atoms with Crippen LogP contribution >= 0.6 is 0 Å². The smallest absolute Gasteiger partial charge is 0.382 e. The Balaban J connectivity index is 2.38. The number of carbonyl (C=O) groups excluding carboxylic acids is 1. The molecular formula is C15H17F3O2. The maximum Gasteiger partial charge on any atom is 0.417 e. The molecule has 110 valence electrons. The summed E-state index contributed by atoms with van der Waals surface area (Å²) >= 11 is 0. The van der Waals surface area contributed by atoms with Gasteiger partial charge >= 0.3 is 6.18 Å². The van der Waals surface area contributed by atoms with Crippen molar-refractivity contribution in [2.45, 2.75) is 50.3 Å². The Bertz CT molecular complexity index is 486. The van der Waals surface area contributed by atoms with E-state index in [0.29, 0.717) is 12.8 Å². The highest BCUT2D eigenvalue weighted by Crippen LogP contribution is 2.36. The maximum atomic E-state index is 12.9. The molecule has 1 fully saturated rings. The van der Waals surface area contributed by atoms with Crippen molar-refractivity contribution in [1.82, 2.24) is 0 Å². The van der Waals surface area contributed by atoms with Gasteiger partial charge in [0.2, 0.25) is 0 Å². The number of benzene rings is 1. The lowest BCUT2D eigenvalue weighted by Crippen LogP contribution is -2.39. The molecule has 0 heterocycles. The second-order valence-electron chi connectivity index (χ2n) is 5.32. The summed E-state index contributed by atoms with van der Waals surface area (Å²) in [6.45, 7) is 0. The molecule has 20 heavy (non-hydrogen) atoms. The molecule has 2 rings (SSSR count). The lowest BCUT2D eigenvalue weighted by atomic mass is 9.84. The van der Waals surface area contributed by atoms with Gasteiger partial charge in [-0.3, -0.25) is 4.79 Å². The number of Topliss-reactive ketones (excluding diaryl/α,β-unsaturated/α-hetero) is 1. The van der Waals surface area contributed by atoms with E-state index in [1.807, 2.05) is 0 Å². The van der Waals surface area contributed by atoms with Gasteiger partial charge in [0.15, 0.2) is 5.78 Å². The fraction of sp³-hybridized carbons (Fsp3) is 0.533. The summed E-state index contributed by atoms with van der Waals surface area (Å²) in [6.07, 6.45) is -0.997. The van der Waals surface area contributed by atoms with E-state index in [1.165, 1.54) is 12.1 Å². The summed E-state index contributed by atoms with van der Waals surface area (Å²) in [7, 11) is 0. The number of hydrogen-bond acceptors (Lipinski definition) is 2. The molecule has 1 saturated carbocycles. The maximum absolute atomic E-state index is 12.9.